The largest absolute Gasteiger partial charge is 0.0929 e. The fraction of sp³-hybridized carbons (Fsp3) is 0. The first-order valence-electron chi connectivity index (χ1n) is 5.67. The molecule has 0 amide bonds. The summed E-state index contributed by atoms with van der Waals surface area (Å²) in [5.74, 6) is 0. The zero-order valence-corrected chi connectivity index (χ0v) is 11.0. The summed E-state index contributed by atoms with van der Waals surface area (Å²) in [7, 11) is 0. The van der Waals surface area contributed by atoms with Crippen LogP contribution >= 0.6 is 23.2 Å². The first kappa shape index (κ1) is 11.6. The molecule has 0 bridgehead atoms. The topological polar surface area (TPSA) is 0 Å². The smallest absolute Gasteiger partial charge is 0.0418 e. The zero-order valence-electron chi connectivity index (χ0n) is 9.53. The Morgan fingerprint density at radius 2 is 1.56 bits per heavy atom. The van der Waals surface area contributed by atoms with Crippen LogP contribution in [0, 0.1) is 0 Å². The van der Waals surface area contributed by atoms with Crippen LogP contribution in [0.4, 0.5) is 0 Å². The molecule has 0 radical (unpaired) electrons. The van der Waals surface area contributed by atoms with E-state index in [4.69, 9.17) is 23.2 Å². The maximum Gasteiger partial charge on any atom is 0.0418 e. The summed E-state index contributed by atoms with van der Waals surface area (Å²) in [5.41, 5.74) is 2.55. The summed E-state index contributed by atoms with van der Waals surface area (Å²) < 4.78 is 0. The lowest BCUT2D eigenvalue weighted by Gasteiger charge is -2.06. The van der Waals surface area contributed by atoms with Gasteiger partial charge >= 0.3 is 0 Å². The third-order valence-electron chi connectivity index (χ3n) is 3.06. The van der Waals surface area contributed by atoms with Crippen LogP contribution in [-0.4, -0.2) is 0 Å². The van der Waals surface area contributed by atoms with Crippen molar-refractivity contribution < 1.29 is 0 Å². The molecule has 0 spiro atoms. The minimum absolute atomic E-state index is 0.725. The molecule has 88 valence electrons. The number of hydrogen-bond donors (Lipinski definition) is 0. The SMILES string of the molecule is ClC=Cc1cc(Cl)cc2cc3ccccc3cc12. The summed E-state index contributed by atoms with van der Waals surface area (Å²) >= 11 is 11.8. The molecule has 0 unspecified atom stereocenters. The van der Waals surface area contributed by atoms with Gasteiger partial charge in [-0.25, -0.2) is 0 Å². The number of benzene rings is 3. The highest BCUT2D eigenvalue weighted by molar-refractivity contribution is 6.32. The number of halogens is 2. The molecule has 0 fully saturated rings. The van der Waals surface area contributed by atoms with Gasteiger partial charge in [0.25, 0.3) is 0 Å². The van der Waals surface area contributed by atoms with Crippen LogP contribution in [0.3, 0.4) is 0 Å². The maximum absolute atomic E-state index is 6.13. The minimum Gasteiger partial charge on any atom is -0.0929 e. The third kappa shape index (κ3) is 1.98. The van der Waals surface area contributed by atoms with Gasteiger partial charge in [-0.1, -0.05) is 47.5 Å². The summed E-state index contributed by atoms with van der Waals surface area (Å²) in [5, 5.41) is 5.45. The fourth-order valence-corrected chi connectivity index (χ4v) is 2.62. The van der Waals surface area contributed by atoms with Crippen molar-refractivity contribution in [1.29, 1.82) is 0 Å². The van der Waals surface area contributed by atoms with Crippen molar-refractivity contribution in [1.82, 2.24) is 0 Å². The van der Waals surface area contributed by atoms with Crippen LogP contribution in [-0.2, 0) is 0 Å². The molecule has 0 saturated carbocycles. The van der Waals surface area contributed by atoms with Gasteiger partial charge in [-0.2, -0.15) is 0 Å². The molecule has 18 heavy (non-hydrogen) atoms. The zero-order chi connectivity index (χ0) is 12.5. The van der Waals surface area contributed by atoms with E-state index in [1.807, 2.05) is 30.3 Å². The van der Waals surface area contributed by atoms with E-state index < -0.39 is 0 Å². The summed E-state index contributed by atoms with van der Waals surface area (Å²) in [4.78, 5) is 0. The van der Waals surface area contributed by atoms with E-state index in [0.717, 1.165) is 21.4 Å². The molecule has 0 aliphatic carbocycles. The van der Waals surface area contributed by atoms with Gasteiger partial charge in [-0.05, 0) is 57.4 Å². The average molecular weight is 273 g/mol. The first-order chi connectivity index (χ1) is 8.78. The summed E-state index contributed by atoms with van der Waals surface area (Å²) in [6.45, 7) is 0. The molecule has 3 rings (SSSR count). The van der Waals surface area contributed by atoms with Crippen LogP contribution in [0.5, 0.6) is 0 Å². The van der Waals surface area contributed by atoms with Gasteiger partial charge in [-0.3, -0.25) is 0 Å². The van der Waals surface area contributed by atoms with E-state index >= 15 is 0 Å². The lowest BCUT2D eigenvalue weighted by atomic mass is 10.00. The Balaban J connectivity index is 2.45. The molecule has 0 aliphatic rings. The van der Waals surface area contributed by atoms with Gasteiger partial charge in [0.2, 0.25) is 0 Å². The molecular formula is C16H10Cl2. The first-order valence-corrected chi connectivity index (χ1v) is 6.48. The van der Waals surface area contributed by atoms with Crippen molar-refractivity contribution >= 4 is 50.8 Å². The number of hydrogen-bond acceptors (Lipinski definition) is 0. The molecule has 0 aromatic heterocycles. The van der Waals surface area contributed by atoms with Crippen molar-refractivity contribution in [3.05, 3.63) is 64.7 Å². The van der Waals surface area contributed by atoms with Gasteiger partial charge < -0.3 is 0 Å². The van der Waals surface area contributed by atoms with Gasteiger partial charge in [0.1, 0.15) is 0 Å². The highest BCUT2D eigenvalue weighted by Gasteiger charge is 2.03. The Hall–Kier alpha value is -1.50. The number of fused-ring (bicyclic) bond motifs is 2. The second-order valence-electron chi connectivity index (χ2n) is 4.21. The second-order valence-corrected chi connectivity index (χ2v) is 4.90. The summed E-state index contributed by atoms with van der Waals surface area (Å²) in [6.07, 6.45) is 1.87. The Kier molecular flexibility index (Phi) is 2.99. The fourth-order valence-electron chi connectivity index (χ4n) is 2.25. The summed E-state index contributed by atoms with van der Waals surface area (Å²) in [6, 6.07) is 16.5. The molecule has 3 aromatic rings. The van der Waals surface area contributed by atoms with Crippen molar-refractivity contribution in [2.75, 3.05) is 0 Å². The third-order valence-corrected chi connectivity index (χ3v) is 3.40. The van der Waals surface area contributed by atoms with Crippen molar-refractivity contribution in [3.8, 4) is 0 Å². The Labute approximate surface area is 115 Å². The van der Waals surface area contributed by atoms with Crippen LogP contribution in [0.2, 0.25) is 5.02 Å². The molecule has 0 N–H and O–H groups in total. The minimum atomic E-state index is 0.725. The molecular weight excluding hydrogens is 263 g/mol. The Morgan fingerprint density at radius 3 is 2.28 bits per heavy atom. The molecule has 0 nitrogen and oxygen atoms in total. The number of rotatable bonds is 1. The molecule has 0 atom stereocenters. The quantitative estimate of drug-likeness (QED) is 0.487. The lowest BCUT2D eigenvalue weighted by Crippen LogP contribution is -1.81. The molecule has 0 heterocycles. The Morgan fingerprint density at radius 1 is 0.833 bits per heavy atom. The van der Waals surface area contributed by atoms with E-state index in [2.05, 4.69) is 24.3 Å². The lowest BCUT2D eigenvalue weighted by molar-refractivity contribution is 1.73. The van der Waals surface area contributed by atoms with E-state index in [1.165, 1.54) is 16.3 Å². The van der Waals surface area contributed by atoms with Gasteiger partial charge in [0, 0.05) is 10.6 Å². The van der Waals surface area contributed by atoms with Crippen LogP contribution in [0.25, 0.3) is 27.6 Å². The maximum atomic E-state index is 6.13. The molecule has 0 aliphatic heterocycles. The molecule has 2 heteroatoms. The van der Waals surface area contributed by atoms with Crippen molar-refractivity contribution in [2.24, 2.45) is 0 Å². The van der Waals surface area contributed by atoms with Crippen molar-refractivity contribution in [2.45, 2.75) is 0 Å². The standard InChI is InChI=1S/C16H10Cl2/c17-6-5-13-8-15(18)9-14-7-11-3-1-2-4-12(11)10-16(13)14/h1-10H. The van der Waals surface area contributed by atoms with Crippen LogP contribution < -0.4 is 0 Å². The monoisotopic (exact) mass is 272 g/mol. The highest BCUT2D eigenvalue weighted by atomic mass is 35.5. The average Bonchev–Trinajstić information content (AvgIpc) is 2.37. The van der Waals surface area contributed by atoms with Crippen LogP contribution in [0.1, 0.15) is 5.56 Å². The highest BCUT2D eigenvalue weighted by Crippen LogP contribution is 2.29. The van der Waals surface area contributed by atoms with E-state index in [-0.39, 0.29) is 0 Å². The van der Waals surface area contributed by atoms with Gasteiger partial charge in [-0.15, -0.1) is 0 Å². The second kappa shape index (κ2) is 4.64. The van der Waals surface area contributed by atoms with Gasteiger partial charge in [0.15, 0.2) is 0 Å². The van der Waals surface area contributed by atoms with Gasteiger partial charge in [0.05, 0.1) is 0 Å². The normalized spacial score (nSPS) is 11.7. The van der Waals surface area contributed by atoms with Crippen molar-refractivity contribution in [3.63, 3.8) is 0 Å². The van der Waals surface area contributed by atoms with E-state index in [1.54, 1.807) is 0 Å². The predicted octanol–water partition coefficient (Wildman–Crippen LogP) is 5.86. The molecule has 3 aromatic carbocycles. The molecule has 0 saturated heterocycles. The van der Waals surface area contributed by atoms with E-state index in [0.29, 0.717) is 0 Å². The Bertz CT molecular complexity index is 757. The predicted molar refractivity (Wildman–Crippen MR) is 81.4 cm³/mol. The van der Waals surface area contributed by atoms with E-state index in [9.17, 15) is 0 Å². The van der Waals surface area contributed by atoms with Crippen LogP contribution in [0.15, 0.2) is 54.1 Å².